The summed E-state index contributed by atoms with van der Waals surface area (Å²) in [7, 11) is 1.60. The highest BCUT2D eigenvalue weighted by atomic mass is 35.5. The molecule has 184 valence electrons. The van der Waals surface area contributed by atoms with Gasteiger partial charge in [0, 0.05) is 35.9 Å². The van der Waals surface area contributed by atoms with Crippen LogP contribution in [0.5, 0.6) is 5.75 Å². The predicted octanol–water partition coefficient (Wildman–Crippen LogP) is 7.22. The van der Waals surface area contributed by atoms with Crippen molar-refractivity contribution >= 4 is 39.8 Å². The first kappa shape index (κ1) is 25.4. The van der Waals surface area contributed by atoms with E-state index in [2.05, 4.69) is 76.3 Å². The summed E-state index contributed by atoms with van der Waals surface area (Å²) in [5.41, 5.74) is 5.24. The Labute approximate surface area is 216 Å². The van der Waals surface area contributed by atoms with Crippen molar-refractivity contribution in [2.24, 2.45) is 0 Å². The molecule has 0 atom stereocenters. The molecule has 0 unspecified atom stereocenters. The number of halogens is 2. The molecule has 1 aromatic heterocycles. The van der Waals surface area contributed by atoms with E-state index in [-0.39, 0.29) is 18.2 Å². The minimum atomic E-state index is -0.252. The molecule has 0 saturated heterocycles. The SMILES string of the molecule is COc1ccc(F)cc1CNCCCNc1ccnc2cc(-c3cccc4ccccc34)ccc12.Cl. The van der Waals surface area contributed by atoms with E-state index in [4.69, 9.17) is 4.74 Å². The van der Waals surface area contributed by atoms with Crippen molar-refractivity contribution in [3.05, 3.63) is 103 Å². The quantitative estimate of drug-likeness (QED) is 0.209. The summed E-state index contributed by atoms with van der Waals surface area (Å²) in [6.07, 6.45) is 2.78. The van der Waals surface area contributed by atoms with Crippen LogP contribution in [0.3, 0.4) is 0 Å². The summed E-state index contributed by atoms with van der Waals surface area (Å²) >= 11 is 0. The van der Waals surface area contributed by atoms with Gasteiger partial charge in [-0.25, -0.2) is 4.39 Å². The van der Waals surface area contributed by atoms with Crippen molar-refractivity contribution in [1.29, 1.82) is 0 Å². The second-order valence-corrected chi connectivity index (χ2v) is 8.53. The van der Waals surface area contributed by atoms with E-state index < -0.39 is 0 Å². The maximum absolute atomic E-state index is 13.5. The molecule has 5 rings (SSSR count). The molecule has 0 spiro atoms. The summed E-state index contributed by atoms with van der Waals surface area (Å²) in [5.74, 6) is 0.445. The molecular formula is C30H29ClFN3O. The average molecular weight is 502 g/mol. The number of methoxy groups -OCH3 is 1. The molecule has 2 N–H and O–H groups in total. The van der Waals surface area contributed by atoms with Gasteiger partial charge in [-0.3, -0.25) is 4.98 Å². The summed E-state index contributed by atoms with van der Waals surface area (Å²) < 4.78 is 18.8. The molecular weight excluding hydrogens is 473 g/mol. The molecule has 0 fully saturated rings. The summed E-state index contributed by atoms with van der Waals surface area (Å²) in [4.78, 5) is 4.63. The van der Waals surface area contributed by atoms with E-state index in [1.807, 2.05) is 12.3 Å². The Bertz CT molecular complexity index is 1470. The number of hydrogen-bond acceptors (Lipinski definition) is 4. The molecule has 1 heterocycles. The summed E-state index contributed by atoms with van der Waals surface area (Å²) in [6.45, 7) is 2.19. The summed E-state index contributed by atoms with van der Waals surface area (Å²) in [5, 5.41) is 10.5. The average Bonchev–Trinajstić information content (AvgIpc) is 2.90. The number of ether oxygens (including phenoxy) is 1. The highest BCUT2D eigenvalue weighted by Gasteiger charge is 2.08. The number of rotatable bonds is 9. The van der Waals surface area contributed by atoms with Crippen LogP contribution in [-0.4, -0.2) is 25.2 Å². The van der Waals surface area contributed by atoms with Crippen LogP contribution < -0.4 is 15.4 Å². The lowest BCUT2D eigenvalue weighted by Gasteiger charge is -2.12. The number of nitrogens with zero attached hydrogens (tertiary/aromatic N) is 1. The van der Waals surface area contributed by atoms with E-state index >= 15 is 0 Å². The maximum Gasteiger partial charge on any atom is 0.123 e. The Hall–Kier alpha value is -3.67. The second kappa shape index (κ2) is 11.8. The van der Waals surface area contributed by atoms with Crippen molar-refractivity contribution in [3.8, 4) is 16.9 Å². The van der Waals surface area contributed by atoms with Gasteiger partial charge in [0.2, 0.25) is 0 Å². The van der Waals surface area contributed by atoms with Gasteiger partial charge in [-0.2, -0.15) is 0 Å². The van der Waals surface area contributed by atoms with Gasteiger partial charge >= 0.3 is 0 Å². The normalized spacial score (nSPS) is 10.8. The minimum absolute atomic E-state index is 0. The first-order valence-corrected chi connectivity index (χ1v) is 11.9. The van der Waals surface area contributed by atoms with Crippen molar-refractivity contribution in [2.75, 3.05) is 25.5 Å². The van der Waals surface area contributed by atoms with Crippen molar-refractivity contribution in [2.45, 2.75) is 13.0 Å². The molecule has 4 aromatic carbocycles. The molecule has 0 aliphatic rings. The largest absolute Gasteiger partial charge is 0.496 e. The van der Waals surface area contributed by atoms with Crippen LogP contribution in [0, 0.1) is 5.82 Å². The monoisotopic (exact) mass is 501 g/mol. The minimum Gasteiger partial charge on any atom is -0.496 e. The fourth-order valence-corrected chi connectivity index (χ4v) is 4.49. The third-order valence-electron chi connectivity index (χ3n) is 6.25. The standard InChI is InChI=1S/C30H28FN3O.ClH/c1-35-30-13-11-24(31)18-23(30)20-32-15-5-16-33-28-14-17-34-29-19-22(10-12-27(28)29)26-9-4-7-21-6-2-3-8-25(21)26;/h2-4,6-14,17-19,32H,5,15-16,20H2,1H3,(H,33,34);1H. The molecule has 36 heavy (non-hydrogen) atoms. The van der Waals surface area contributed by atoms with Crippen LogP contribution in [0.4, 0.5) is 10.1 Å². The second-order valence-electron chi connectivity index (χ2n) is 8.53. The predicted molar refractivity (Wildman–Crippen MR) is 150 cm³/mol. The van der Waals surface area contributed by atoms with Gasteiger partial charge < -0.3 is 15.4 Å². The molecule has 4 nitrogen and oxygen atoms in total. The van der Waals surface area contributed by atoms with Crippen molar-refractivity contribution < 1.29 is 9.13 Å². The Balaban J connectivity index is 0.00000304. The van der Waals surface area contributed by atoms with Crippen LogP contribution >= 0.6 is 12.4 Å². The number of aromatic nitrogens is 1. The summed E-state index contributed by atoms with van der Waals surface area (Å²) in [6, 6.07) is 28.0. The van der Waals surface area contributed by atoms with Gasteiger partial charge in [-0.1, -0.05) is 54.6 Å². The first-order valence-electron chi connectivity index (χ1n) is 11.9. The van der Waals surface area contributed by atoms with Crippen molar-refractivity contribution in [1.82, 2.24) is 10.3 Å². The smallest absolute Gasteiger partial charge is 0.123 e. The first-order chi connectivity index (χ1) is 17.2. The highest BCUT2D eigenvalue weighted by molar-refractivity contribution is 6.00. The molecule has 0 aliphatic heterocycles. The Morgan fingerprint density at radius 1 is 0.861 bits per heavy atom. The van der Waals surface area contributed by atoms with Crippen LogP contribution in [0.1, 0.15) is 12.0 Å². The zero-order chi connectivity index (χ0) is 24.0. The number of fused-ring (bicyclic) bond motifs is 2. The Morgan fingerprint density at radius 3 is 2.61 bits per heavy atom. The van der Waals surface area contributed by atoms with Crippen molar-refractivity contribution in [3.63, 3.8) is 0 Å². The zero-order valence-corrected chi connectivity index (χ0v) is 20.9. The lowest BCUT2D eigenvalue weighted by Crippen LogP contribution is -2.18. The Morgan fingerprint density at radius 2 is 1.72 bits per heavy atom. The van der Waals surface area contributed by atoms with E-state index in [1.165, 1.54) is 28.5 Å². The number of hydrogen-bond donors (Lipinski definition) is 2. The number of pyridine rings is 1. The van der Waals surface area contributed by atoms with Gasteiger partial charge in [-0.15, -0.1) is 12.4 Å². The third-order valence-corrected chi connectivity index (χ3v) is 6.25. The fraction of sp³-hybridized carbons (Fsp3) is 0.167. The van der Waals surface area contributed by atoms with Gasteiger partial charge in [0.05, 0.1) is 12.6 Å². The molecule has 5 aromatic rings. The third kappa shape index (κ3) is 5.59. The topological polar surface area (TPSA) is 46.2 Å². The number of nitrogens with one attached hydrogen (secondary N) is 2. The van der Waals surface area contributed by atoms with E-state index in [0.29, 0.717) is 12.3 Å². The lowest BCUT2D eigenvalue weighted by molar-refractivity contribution is 0.406. The lowest BCUT2D eigenvalue weighted by atomic mass is 9.97. The van der Waals surface area contributed by atoms with Crippen LogP contribution in [0.25, 0.3) is 32.8 Å². The van der Waals surface area contributed by atoms with Gasteiger partial charge in [0.15, 0.2) is 0 Å². The molecule has 0 bridgehead atoms. The fourth-order valence-electron chi connectivity index (χ4n) is 4.49. The van der Waals surface area contributed by atoms with E-state index in [0.717, 1.165) is 47.2 Å². The van der Waals surface area contributed by atoms with Gasteiger partial charge in [0.1, 0.15) is 11.6 Å². The Kier molecular flexibility index (Phi) is 8.36. The van der Waals surface area contributed by atoms with Crippen LogP contribution in [0.15, 0.2) is 91.1 Å². The van der Waals surface area contributed by atoms with Gasteiger partial charge in [0.25, 0.3) is 0 Å². The molecule has 0 saturated carbocycles. The zero-order valence-electron chi connectivity index (χ0n) is 20.1. The van der Waals surface area contributed by atoms with Crippen LogP contribution in [0.2, 0.25) is 0 Å². The molecule has 0 aliphatic carbocycles. The van der Waals surface area contributed by atoms with Crippen LogP contribution in [-0.2, 0) is 6.54 Å². The molecule has 6 heteroatoms. The number of anilines is 1. The van der Waals surface area contributed by atoms with E-state index in [1.54, 1.807) is 13.2 Å². The molecule has 0 radical (unpaired) electrons. The highest BCUT2D eigenvalue weighted by Crippen LogP contribution is 2.32. The van der Waals surface area contributed by atoms with E-state index in [9.17, 15) is 4.39 Å². The molecule has 0 amide bonds. The maximum atomic E-state index is 13.5. The number of benzene rings is 4. The van der Waals surface area contributed by atoms with Gasteiger partial charge in [-0.05, 0) is 65.2 Å².